The predicted molar refractivity (Wildman–Crippen MR) is 102 cm³/mol. The predicted octanol–water partition coefficient (Wildman–Crippen LogP) is 1.68. The van der Waals surface area contributed by atoms with Crippen LogP contribution in [0.2, 0.25) is 0 Å². The molecule has 0 radical (unpaired) electrons. The van der Waals surface area contributed by atoms with Crippen molar-refractivity contribution in [3.8, 4) is 5.75 Å². The van der Waals surface area contributed by atoms with Crippen LogP contribution in [0.4, 0.5) is 5.69 Å². The molecule has 0 saturated carbocycles. The van der Waals surface area contributed by atoms with Crippen molar-refractivity contribution in [2.45, 2.75) is 27.7 Å². The summed E-state index contributed by atoms with van der Waals surface area (Å²) in [6.45, 7) is 10.8. The first kappa shape index (κ1) is 22.7. The molecule has 1 aromatic rings. The maximum Gasteiger partial charge on any atom is 0.286 e. The van der Waals surface area contributed by atoms with Gasteiger partial charge in [-0.25, -0.2) is 8.42 Å². The van der Waals surface area contributed by atoms with Crippen molar-refractivity contribution in [2.24, 2.45) is 0 Å². The van der Waals surface area contributed by atoms with E-state index in [2.05, 4.69) is 23.0 Å². The lowest BCUT2D eigenvalue weighted by atomic mass is 10.1. The molecular weight excluding hydrogens is 380 g/mol. The third-order valence-corrected chi connectivity index (χ3v) is 5.11. The Morgan fingerprint density at radius 1 is 0.962 bits per heavy atom. The van der Waals surface area contributed by atoms with E-state index in [1.165, 1.54) is 12.1 Å². The zero-order valence-corrected chi connectivity index (χ0v) is 17.8. The summed E-state index contributed by atoms with van der Waals surface area (Å²) in [5.74, 6) is 0.647. The molecule has 0 amide bonds. The van der Waals surface area contributed by atoms with Gasteiger partial charge in [-0.3, -0.25) is 0 Å². The van der Waals surface area contributed by atoms with Gasteiger partial charge in [-0.2, -0.15) is 8.42 Å². The average Bonchev–Trinajstić information content (AvgIpc) is 2.49. The quantitative estimate of drug-likeness (QED) is 0.544. The Morgan fingerprint density at radius 3 is 1.85 bits per heavy atom. The third kappa shape index (κ3) is 6.75. The highest BCUT2D eigenvalue weighted by Gasteiger charge is 2.25. The first-order chi connectivity index (χ1) is 11.9. The van der Waals surface area contributed by atoms with Crippen LogP contribution in [0, 0.1) is 13.8 Å². The van der Waals surface area contributed by atoms with Crippen molar-refractivity contribution in [3.63, 3.8) is 0 Å². The van der Waals surface area contributed by atoms with E-state index in [9.17, 15) is 16.8 Å². The van der Waals surface area contributed by atoms with Crippen LogP contribution >= 0.6 is 0 Å². The van der Waals surface area contributed by atoms with E-state index >= 15 is 0 Å². The van der Waals surface area contributed by atoms with Crippen molar-refractivity contribution < 1.29 is 25.9 Å². The Labute approximate surface area is 156 Å². The van der Waals surface area contributed by atoms with Crippen molar-refractivity contribution in [3.05, 3.63) is 23.3 Å². The number of nitrogens with zero attached hydrogens (tertiary/aromatic N) is 2. The van der Waals surface area contributed by atoms with Gasteiger partial charge in [0, 0.05) is 6.54 Å². The average molecular weight is 409 g/mol. The summed E-state index contributed by atoms with van der Waals surface area (Å²) < 4.78 is 57.6. The minimum absolute atomic E-state index is 0.101. The highest BCUT2D eigenvalue weighted by molar-refractivity contribution is 7.93. The first-order valence-corrected chi connectivity index (χ1v) is 11.9. The minimum Gasteiger partial charge on any atom is -0.492 e. The summed E-state index contributed by atoms with van der Waals surface area (Å²) in [5.41, 5.74) is 1.47. The van der Waals surface area contributed by atoms with E-state index in [-0.39, 0.29) is 5.69 Å². The van der Waals surface area contributed by atoms with Crippen molar-refractivity contribution in [2.75, 3.05) is 43.2 Å². The topological polar surface area (TPSA) is 93.2 Å². The summed E-state index contributed by atoms with van der Waals surface area (Å²) >= 11 is 0. The molecule has 1 aromatic carbocycles. The van der Waals surface area contributed by atoms with Gasteiger partial charge in [0.05, 0.1) is 18.2 Å². The van der Waals surface area contributed by atoms with Crippen molar-refractivity contribution >= 4 is 25.8 Å². The number of ether oxygens (including phenoxy) is 1. The number of aryl methyl sites for hydroxylation is 2. The van der Waals surface area contributed by atoms with Crippen LogP contribution in [0.25, 0.3) is 0 Å². The molecule has 8 nitrogen and oxygen atoms in total. The van der Waals surface area contributed by atoms with Crippen LogP contribution < -0.4 is 9.21 Å². The Morgan fingerprint density at radius 2 is 1.46 bits per heavy atom. The van der Waals surface area contributed by atoms with Crippen LogP contribution in [0.15, 0.2) is 12.1 Å². The lowest BCUT2D eigenvalue weighted by molar-refractivity contribution is 0.221. The fourth-order valence-corrected chi connectivity index (χ4v) is 4.08. The van der Waals surface area contributed by atoms with Crippen molar-refractivity contribution in [1.29, 1.82) is 0 Å². The summed E-state index contributed by atoms with van der Waals surface area (Å²) in [6.07, 6.45) is 1.66. The lowest BCUT2D eigenvalue weighted by Crippen LogP contribution is -2.32. The van der Waals surface area contributed by atoms with E-state index in [4.69, 9.17) is 4.74 Å². The number of benzene rings is 1. The maximum atomic E-state index is 11.9. The molecule has 150 valence electrons. The molecule has 0 atom stereocenters. The molecule has 0 aliphatic rings. The molecule has 0 fully saturated rings. The van der Waals surface area contributed by atoms with Gasteiger partial charge < -0.3 is 9.64 Å². The third-order valence-electron chi connectivity index (χ3n) is 3.71. The van der Waals surface area contributed by atoms with E-state index in [1.807, 2.05) is 0 Å². The fourth-order valence-electron chi connectivity index (χ4n) is 2.49. The van der Waals surface area contributed by atoms with Gasteiger partial charge in [-0.15, -0.1) is 8.75 Å². The van der Waals surface area contributed by atoms with E-state index in [1.54, 1.807) is 13.8 Å². The highest BCUT2D eigenvalue weighted by atomic mass is 32.2. The summed E-state index contributed by atoms with van der Waals surface area (Å²) in [6, 6.07) is 3.04. The molecule has 0 saturated heterocycles. The second kappa shape index (κ2) is 9.03. The van der Waals surface area contributed by atoms with Crippen LogP contribution in [-0.4, -0.2) is 60.5 Å². The molecule has 0 bridgehead atoms. The normalized spacial score (nSPS) is 12.4. The number of hydrogen-bond donors (Lipinski definition) is 0. The molecule has 26 heavy (non-hydrogen) atoms. The zero-order chi connectivity index (χ0) is 20.1. The number of rotatable bonds is 10. The van der Waals surface area contributed by atoms with Crippen LogP contribution in [0.3, 0.4) is 0 Å². The maximum absolute atomic E-state index is 11.9. The monoisotopic (exact) mass is 408 g/mol. The van der Waals surface area contributed by atoms with Gasteiger partial charge in [0.25, 0.3) is 20.1 Å². The van der Waals surface area contributed by atoms with Gasteiger partial charge in [-0.1, -0.05) is 13.8 Å². The Kier molecular flexibility index (Phi) is 7.87. The molecule has 10 heteroatoms. The number of likely N-dealkylation sites (N-methyl/N-ethyl adjacent to an activating group) is 1. The van der Waals surface area contributed by atoms with Crippen molar-refractivity contribution in [1.82, 2.24) is 4.90 Å². The smallest absolute Gasteiger partial charge is 0.286 e. The standard InChI is InChI=1S/C16H28N2O6S2/c1-7-17(8-2)9-10-23-16-13(3)11-15(12-14(16)4)18(25(5,19)20)24-26(6,21)22/h11-12H,7-10H2,1-6H3. The van der Waals surface area contributed by atoms with Gasteiger partial charge in [-0.05, 0) is 50.2 Å². The summed E-state index contributed by atoms with van der Waals surface area (Å²) in [7, 11) is -7.96. The van der Waals surface area contributed by atoms with E-state index in [0.717, 1.165) is 32.1 Å². The van der Waals surface area contributed by atoms with E-state index in [0.29, 0.717) is 28.0 Å². The Balaban J connectivity index is 3.10. The summed E-state index contributed by atoms with van der Waals surface area (Å²) in [4.78, 5) is 2.23. The van der Waals surface area contributed by atoms with Crippen LogP contribution in [0.1, 0.15) is 25.0 Å². The van der Waals surface area contributed by atoms with Crippen LogP contribution in [-0.2, 0) is 24.4 Å². The molecule has 0 unspecified atom stereocenters. The number of anilines is 1. The lowest BCUT2D eigenvalue weighted by Gasteiger charge is -2.23. The molecule has 1 rings (SSSR count). The molecular formula is C16H28N2O6S2. The molecule has 0 spiro atoms. The largest absolute Gasteiger partial charge is 0.492 e. The number of sulfonamides is 1. The second-order valence-corrected chi connectivity index (χ2v) is 9.41. The zero-order valence-electron chi connectivity index (χ0n) is 16.1. The first-order valence-electron chi connectivity index (χ1n) is 8.25. The molecule has 0 aromatic heterocycles. The number of hydrogen-bond acceptors (Lipinski definition) is 7. The summed E-state index contributed by atoms with van der Waals surface area (Å²) in [5, 5.41) is 0. The molecule has 0 aliphatic carbocycles. The van der Waals surface area contributed by atoms with Crippen LogP contribution in [0.5, 0.6) is 5.75 Å². The Hall–Kier alpha value is -1.36. The minimum atomic E-state index is -4.01. The SMILES string of the molecule is CCN(CC)CCOc1c(C)cc(N(OS(C)(=O)=O)S(C)(=O)=O)cc1C. The van der Waals surface area contributed by atoms with E-state index < -0.39 is 20.1 Å². The fraction of sp³-hybridized carbons (Fsp3) is 0.625. The molecule has 0 aliphatic heterocycles. The molecule has 0 N–H and O–H groups in total. The van der Waals surface area contributed by atoms with Gasteiger partial charge in [0.1, 0.15) is 12.4 Å². The second-order valence-electron chi connectivity index (χ2n) is 6.05. The van der Waals surface area contributed by atoms with Gasteiger partial charge >= 0.3 is 0 Å². The Bertz CT molecular complexity index is 794. The molecule has 0 heterocycles. The van der Waals surface area contributed by atoms with Gasteiger partial charge in [0.2, 0.25) is 0 Å². The highest BCUT2D eigenvalue weighted by Crippen LogP contribution is 2.30. The van der Waals surface area contributed by atoms with Gasteiger partial charge in [0.15, 0.2) is 0 Å².